The van der Waals surface area contributed by atoms with Crippen molar-refractivity contribution in [2.24, 2.45) is 0 Å². The van der Waals surface area contributed by atoms with Crippen molar-refractivity contribution < 1.29 is 8.78 Å². The van der Waals surface area contributed by atoms with E-state index >= 15 is 0 Å². The molecule has 0 amide bonds. The van der Waals surface area contributed by atoms with Crippen molar-refractivity contribution in [2.75, 3.05) is 6.66 Å². The van der Waals surface area contributed by atoms with Crippen LogP contribution in [0.4, 0.5) is 8.78 Å². The fourth-order valence-corrected chi connectivity index (χ4v) is 4.32. The highest BCUT2D eigenvalue weighted by molar-refractivity contribution is 8.21. The lowest BCUT2D eigenvalue weighted by atomic mass is 10.3. The lowest BCUT2D eigenvalue weighted by Gasteiger charge is -2.18. The normalized spacial score (nSPS) is 14.3. The van der Waals surface area contributed by atoms with Gasteiger partial charge in [-0.05, 0) is 30.2 Å². The first-order chi connectivity index (χ1) is 8.01. The van der Waals surface area contributed by atoms with Gasteiger partial charge >= 0.3 is 0 Å². The molecule has 0 saturated carbocycles. The van der Waals surface area contributed by atoms with E-state index in [0.29, 0.717) is 5.30 Å². The molecule has 0 aromatic heterocycles. The number of benzene rings is 2. The van der Waals surface area contributed by atoms with E-state index in [2.05, 4.69) is 0 Å². The Kier molecular flexibility index (Phi) is 3.41. The van der Waals surface area contributed by atoms with Gasteiger partial charge in [0.05, 0.1) is 0 Å². The van der Waals surface area contributed by atoms with Gasteiger partial charge in [0.1, 0.15) is 11.6 Å². The molecule has 0 aliphatic carbocycles. The lowest BCUT2D eigenvalue weighted by Crippen LogP contribution is -2.17. The van der Waals surface area contributed by atoms with Crippen molar-refractivity contribution in [3.63, 3.8) is 0 Å². The molecule has 2 rings (SSSR count). The monoisotopic (exact) mass is 268 g/mol. The Morgan fingerprint density at radius 2 is 1.53 bits per heavy atom. The second-order valence-electron chi connectivity index (χ2n) is 3.85. The molecule has 0 radical (unpaired) electrons. The summed E-state index contributed by atoms with van der Waals surface area (Å²) in [5.41, 5.74) is 0. The highest BCUT2D eigenvalue weighted by Crippen LogP contribution is 2.39. The quantitative estimate of drug-likeness (QED) is 0.754. The lowest BCUT2D eigenvalue weighted by molar-refractivity contribution is 0.628. The van der Waals surface area contributed by atoms with Crippen molar-refractivity contribution in [3.8, 4) is 0 Å². The van der Waals surface area contributed by atoms with Gasteiger partial charge in [-0.2, -0.15) is 0 Å². The van der Waals surface area contributed by atoms with E-state index in [1.165, 1.54) is 18.2 Å². The van der Waals surface area contributed by atoms with E-state index in [0.717, 1.165) is 5.30 Å². The Hall–Kier alpha value is -1.05. The molecule has 88 valence electrons. The van der Waals surface area contributed by atoms with Crippen molar-refractivity contribution in [3.05, 3.63) is 60.2 Å². The highest BCUT2D eigenvalue weighted by atomic mass is 32.4. The maximum Gasteiger partial charge on any atom is 0.131 e. The zero-order valence-corrected chi connectivity index (χ0v) is 10.9. The fourth-order valence-electron chi connectivity index (χ4n) is 1.66. The summed E-state index contributed by atoms with van der Waals surface area (Å²) < 4.78 is 26.6. The Labute approximate surface area is 104 Å². The van der Waals surface area contributed by atoms with Crippen LogP contribution in [0.2, 0.25) is 0 Å². The molecule has 0 N–H and O–H groups in total. The summed E-state index contributed by atoms with van der Waals surface area (Å²) in [4.78, 5) is 0. The number of hydrogen-bond acceptors (Lipinski definition) is 1. The third kappa shape index (κ3) is 2.46. The van der Waals surface area contributed by atoms with Crippen LogP contribution in [-0.4, -0.2) is 6.66 Å². The smallest absolute Gasteiger partial charge is 0.131 e. The summed E-state index contributed by atoms with van der Waals surface area (Å²) in [5.74, 6) is -0.597. The molecule has 1 atom stereocenters. The average Bonchev–Trinajstić information content (AvgIpc) is 2.30. The summed E-state index contributed by atoms with van der Waals surface area (Å²) >= 11 is 5.56. The molecule has 2 aromatic rings. The van der Waals surface area contributed by atoms with E-state index in [1.54, 1.807) is 30.3 Å². The molecule has 1 unspecified atom stereocenters. The molecule has 17 heavy (non-hydrogen) atoms. The van der Waals surface area contributed by atoms with Crippen LogP contribution in [-0.2, 0) is 11.8 Å². The van der Waals surface area contributed by atoms with Gasteiger partial charge in [0.25, 0.3) is 0 Å². The van der Waals surface area contributed by atoms with Crippen LogP contribution < -0.4 is 10.6 Å². The van der Waals surface area contributed by atoms with Crippen LogP contribution in [0.1, 0.15) is 0 Å². The fraction of sp³-hybridized carbons (Fsp3) is 0.0769. The predicted octanol–water partition coefficient (Wildman–Crippen LogP) is 3.02. The maximum atomic E-state index is 13.7. The van der Waals surface area contributed by atoms with Gasteiger partial charge in [-0.15, -0.1) is 0 Å². The van der Waals surface area contributed by atoms with Crippen LogP contribution in [0.5, 0.6) is 0 Å². The zero-order valence-electron chi connectivity index (χ0n) is 9.23. The molecule has 4 heteroatoms. The van der Waals surface area contributed by atoms with Crippen LogP contribution in [0.25, 0.3) is 0 Å². The van der Waals surface area contributed by atoms with Gasteiger partial charge in [-0.1, -0.05) is 42.1 Å². The van der Waals surface area contributed by atoms with Crippen LogP contribution in [0, 0.1) is 11.6 Å². The Balaban J connectivity index is 2.54. The molecule has 0 spiro atoms. The first-order valence-corrected chi connectivity index (χ1v) is 8.35. The van der Waals surface area contributed by atoms with Crippen molar-refractivity contribution in [2.45, 2.75) is 0 Å². The largest absolute Gasteiger partial charge is 0.207 e. The number of rotatable bonds is 2. The Morgan fingerprint density at radius 3 is 2.12 bits per heavy atom. The minimum Gasteiger partial charge on any atom is -0.207 e. The SMILES string of the molecule is CP(=S)(c1ccc(F)cc1)c1ccccc1F. The average molecular weight is 268 g/mol. The Bertz CT molecular complexity index is 578. The van der Waals surface area contributed by atoms with Crippen molar-refractivity contribution in [1.82, 2.24) is 0 Å². The summed E-state index contributed by atoms with van der Waals surface area (Å²) in [5, 5.41) is 1.36. The summed E-state index contributed by atoms with van der Waals surface area (Å²) in [7, 11) is 0. The minimum atomic E-state index is -2.16. The second-order valence-corrected chi connectivity index (χ2v) is 8.89. The van der Waals surface area contributed by atoms with Crippen LogP contribution >= 0.6 is 6.04 Å². The Morgan fingerprint density at radius 1 is 0.941 bits per heavy atom. The summed E-state index contributed by atoms with van der Waals surface area (Å²) in [6.07, 6.45) is 0. The molecule has 0 nitrogen and oxygen atoms in total. The molecular weight excluding hydrogens is 257 g/mol. The molecule has 0 saturated heterocycles. The third-order valence-corrected chi connectivity index (χ3v) is 6.42. The molecule has 0 aliphatic rings. The zero-order chi connectivity index (χ0) is 12.5. The van der Waals surface area contributed by atoms with Crippen LogP contribution in [0.15, 0.2) is 48.5 Å². The molecule has 0 fully saturated rings. The first kappa shape index (κ1) is 12.4. The maximum absolute atomic E-state index is 13.7. The molecule has 2 aromatic carbocycles. The summed E-state index contributed by atoms with van der Waals surface area (Å²) in [6, 6.07) is 10.4. The van der Waals surface area contributed by atoms with Crippen molar-refractivity contribution >= 4 is 28.5 Å². The van der Waals surface area contributed by atoms with E-state index in [4.69, 9.17) is 11.8 Å². The number of hydrogen-bond donors (Lipinski definition) is 0. The molecule has 0 heterocycles. The second kappa shape index (κ2) is 4.67. The van der Waals surface area contributed by atoms with E-state index in [9.17, 15) is 8.78 Å². The van der Waals surface area contributed by atoms with Gasteiger partial charge in [-0.25, -0.2) is 8.78 Å². The van der Waals surface area contributed by atoms with E-state index in [1.807, 2.05) is 6.66 Å². The number of halogens is 2. The minimum absolute atomic E-state index is 0.289. The van der Waals surface area contributed by atoms with Gasteiger partial charge in [0.2, 0.25) is 0 Å². The van der Waals surface area contributed by atoms with Gasteiger partial charge < -0.3 is 0 Å². The van der Waals surface area contributed by atoms with Gasteiger partial charge in [0.15, 0.2) is 0 Å². The van der Waals surface area contributed by atoms with Crippen molar-refractivity contribution in [1.29, 1.82) is 0 Å². The standard InChI is InChI=1S/C13H11F2PS/c1-16(17,11-8-6-10(14)7-9-11)13-5-3-2-4-12(13)15/h2-9H,1H3. The summed E-state index contributed by atoms with van der Waals surface area (Å²) in [6.45, 7) is 1.86. The molecular formula is C13H11F2PS. The van der Waals surface area contributed by atoms with Gasteiger partial charge in [-0.3, -0.25) is 0 Å². The first-order valence-electron chi connectivity index (χ1n) is 5.10. The topological polar surface area (TPSA) is 0 Å². The van der Waals surface area contributed by atoms with Gasteiger partial charge in [0, 0.05) is 11.3 Å². The third-order valence-electron chi connectivity index (χ3n) is 2.63. The van der Waals surface area contributed by atoms with E-state index in [-0.39, 0.29) is 11.6 Å². The highest BCUT2D eigenvalue weighted by Gasteiger charge is 2.19. The van der Waals surface area contributed by atoms with Crippen LogP contribution in [0.3, 0.4) is 0 Å². The molecule has 0 aliphatic heterocycles. The van der Waals surface area contributed by atoms with E-state index < -0.39 is 6.04 Å². The predicted molar refractivity (Wildman–Crippen MR) is 72.3 cm³/mol. The molecule has 0 bridgehead atoms.